The smallest absolute Gasteiger partial charge is 0.229 e. The number of alkyl halides is 4. The molecule has 0 aliphatic carbocycles. The quantitative estimate of drug-likeness (QED) is 0.570. The Labute approximate surface area is 61.1 Å². The van der Waals surface area contributed by atoms with Crippen LogP contribution in [-0.2, 0) is 0 Å². The standard InChI is InChI=1S/C2H2Cl4O/c3-1(7)2(4,5)6/h1,7H. The van der Waals surface area contributed by atoms with Crippen LogP contribution in [0.4, 0.5) is 0 Å². The molecular formula is C2H2Cl4O. The van der Waals surface area contributed by atoms with Crippen LogP contribution in [0.25, 0.3) is 0 Å². The minimum atomic E-state index is -1.76. The van der Waals surface area contributed by atoms with Gasteiger partial charge in [-0.1, -0.05) is 46.4 Å². The Morgan fingerprint density at radius 2 is 1.43 bits per heavy atom. The van der Waals surface area contributed by atoms with Gasteiger partial charge in [0.2, 0.25) is 3.79 Å². The van der Waals surface area contributed by atoms with Gasteiger partial charge in [0.25, 0.3) is 0 Å². The normalized spacial score (nSPS) is 16.7. The number of aliphatic hydroxyl groups excluding tert-OH is 1. The number of rotatable bonds is 0. The molecule has 0 saturated heterocycles. The first kappa shape index (κ1) is 8.12. The van der Waals surface area contributed by atoms with E-state index in [0.29, 0.717) is 0 Å². The molecule has 0 aliphatic rings. The predicted molar refractivity (Wildman–Crippen MR) is 32.1 cm³/mol. The average molecular weight is 184 g/mol. The van der Waals surface area contributed by atoms with Gasteiger partial charge in [0.1, 0.15) is 0 Å². The summed E-state index contributed by atoms with van der Waals surface area (Å²) in [5.74, 6) is 0. The SMILES string of the molecule is OC(Cl)C(Cl)(Cl)Cl. The van der Waals surface area contributed by atoms with Gasteiger partial charge in [-0.3, -0.25) is 0 Å². The second kappa shape index (κ2) is 2.60. The van der Waals surface area contributed by atoms with E-state index in [1.54, 1.807) is 0 Å². The highest BCUT2D eigenvalue weighted by Gasteiger charge is 2.28. The Balaban J connectivity index is 3.54. The zero-order valence-corrected chi connectivity index (χ0v) is 6.06. The molecule has 0 spiro atoms. The van der Waals surface area contributed by atoms with Crippen LogP contribution in [0, 0.1) is 0 Å². The molecule has 0 heterocycles. The Kier molecular flexibility index (Phi) is 3.02. The Morgan fingerprint density at radius 3 is 1.43 bits per heavy atom. The third-order valence-corrected chi connectivity index (χ3v) is 1.55. The molecule has 0 aliphatic heterocycles. The molecule has 0 fully saturated rings. The molecule has 7 heavy (non-hydrogen) atoms. The maximum atomic E-state index is 8.26. The summed E-state index contributed by atoms with van der Waals surface area (Å²) in [5.41, 5.74) is -1.43. The number of aliphatic hydroxyl groups is 1. The lowest BCUT2D eigenvalue weighted by atomic mass is 10.8. The molecule has 0 aromatic heterocycles. The molecule has 44 valence electrons. The molecule has 1 N–H and O–H groups in total. The van der Waals surface area contributed by atoms with Gasteiger partial charge in [-0.15, -0.1) is 0 Å². The van der Waals surface area contributed by atoms with Gasteiger partial charge < -0.3 is 5.11 Å². The number of halogens is 4. The highest BCUT2D eigenvalue weighted by molar-refractivity contribution is 6.69. The predicted octanol–water partition coefficient (Wildman–Crippen LogP) is 1.91. The van der Waals surface area contributed by atoms with E-state index >= 15 is 0 Å². The summed E-state index contributed by atoms with van der Waals surface area (Å²) in [5, 5.41) is 8.26. The van der Waals surface area contributed by atoms with Gasteiger partial charge in [0.15, 0.2) is 5.56 Å². The maximum absolute atomic E-state index is 8.26. The number of hydrogen-bond acceptors (Lipinski definition) is 1. The van der Waals surface area contributed by atoms with Crippen LogP contribution in [0.15, 0.2) is 0 Å². The van der Waals surface area contributed by atoms with Crippen molar-refractivity contribution in [2.45, 2.75) is 9.36 Å². The summed E-state index contributed by atoms with van der Waals surface area (Å²) in [6.45, 7) is 0. The summed E-state index contributed by atoms with van der Waals surface area (Å²) < 4.78 is -1.76. The molecule has 0 rings (SSSR count). The van der Waals surface area contributed by atoms with E-state index in [1.165, 1.54) is 0 Å². The van der Waals surface area contributed by atoms with Crippen LogP contribution in [0.5, 0.6) is 0 Å². The lowest BCUT2D eigenvalue weighted by molar-refractivity contribution is 0.261. The summed E-state index contributed by atoms with van der Waals surface area (Å²) >= 11 is 20.0. The first-order chi connectivity index (χ1) is 2.94. The highest BCUT2D eigenvalue weighted by atomic mass is 35.6. The average Bonchev–Trinajstić information content (AvgIpc) is 1.31. The van der Waals surface area contributed by atoms with Crippen molar-refractivity contribution in [2.75, 3.05) is 0 Å². The van der Waals surface area contributed by atoms with Crippen molar-refractivity contribution in [3.05, 3.63) is 0 Å². The largest absolute Gasteiger partial charge is 0.373 e. The Bertz CT molecular complexity index is 55.2. The second-order valence-corrected chi connectivity index (χ2v) is 3.66. The summed E-state index contributed by atoms with van der Waals surface area (Å²) in [6.07, 6.45) is 0. The highest BCUT2D eigenvalue weighted by Crippen LogP contribution is 2.31. The van der Waals surface area contributed by atoms with Crippen LogP contribution in [-0.4, -0.2) is 14.5 Å². The Hall–Kier alpha value is 1.12. The zero-order valence-electron chi connectivity index (χ0n) is 3.04. The first-order valence-electron chi connectivity index (χ1n) is 1.33. The van der Waals surface area contributed by atoms with Gasteiger partial charge >= 0.3 is 0 Å². The second-order valence-electron chi connectivity index (χ2n) is 0.877. The van der Waals surface area contributed by atoms with Gasteiger partial charge in [-0.05, 0) is 0 Å². The fraction of sp³-hybridized carbons (Fsp3) is 1.00. The molecule has 0 radical (unpaired) electrons. The van der Waals surface area contributed by atoms with Crippen molar-refractivity contribution in [2.24, 2.45) is 0 Å². The molecule has 0 aromatic carbocycles. The maximum Gasteiger partial charge on any atom is 0.229 e. The monoisotopic (exact) mass is 182 g/mol. The van der Waals surface area contributed by atoms with E-state index in [-0.39, 0.29) is 0 Å². The van der Waals surface area contributed by atoms with E-state index in [9.17, 15) is 0 Å². The molecule has 1 nitrogen and oxygen atoms in total. The van der Waals surface area contributed by atoms with E-state index in [2.05, 4.69) is 0 Å². The van der Waals surface area contributed by atoms with Crippen LogP contribution in [0.1, 0.15) is 0 Å². The van der Waals surface area contributed by atoms with E-state index in [1.807, 2.05) is 0 Å². The Morgan fingerprint density at radius 1 is 1.29 bits per heavy atom. The van der Waals surface area contributed by atoms with Crippen molar-refractivity contribution in [3.63, 3.8) is 0 Å². The molecule has 0 bridgehead atoms. The zero-order chi connectivity index (χ0) is 6.08. The lowest BCUT2D eigenvalue weighted by Crippen LogP contribution is -2.17. The molecule has 5 heteroatoms. The summed E-state index contributed by atoms with van der Waals surface area (Å²) in [7, 11) is 0. The van der Waals surface area contributed by atoms with Crippen LogP contribution >= 0.6 is 46.4 Å². The lowest BCUT2D eigenvalue weighted by Gasteiger charge is -2.10. The molecule has 0 aromatic rings. The van der Waals surface area contributed by atoms with Gasteiger partial charge in [0, 0.05) is 0 Å². The van der Waals surface area contributed by atoms with Crippen molar-refractivity contribution < 1.29 is 5.11 Å². The van der Waals surface area contributed by atoms with Gasteiger partial charge in [0.05, 0.1) is 0 Å². The minimum absolute atomic E-state index is 1.43. The number of hydrogen-bond donors (Lipinski definition) is 1. The van der Waals surface area contributed by atoms with Crippen molar-refractivity contribution in [1.82, 2.24) is 0 Å². The van der Waals surface area contributed by atoms with Crippen LogP contribution < -0.4 is 0 Å². The van der Waals surface area contributed by atoms with Crippen molar-refractivity contribution in [1.29, 1.82) is 0 Å². The topological polar surface area (TPSA) is 20.2 Å². The minimum Gasteiger partial charge on any atom is -0.373 e. The van der Waals surface area contributed by atoms with Gasteiger partial charge in [-0.25, -0.2) is 0 Å². The summed E-state index contributed by atoms with van der Waals surface area (Å²) in [4.78, 5) is 0. The van der Waals surface area contributed by atoms with E-state index in [4.69, 9.17) is 51.5 Å². The van der Waals surface area contributed by atoms with Gasteiger partial charge in [-0.2, -0.15) is 0 Å². The van der Waals surface area contributed by atoms with Crippen molar-refractivity contribution in [3.8, 4) is 0 Å². The molecule has 1 atom stereocenters. The van der Waals surface area contributed by atoms with Crippen LogP contribution in [0.2, 0.25) is 0 Å². The fourth-order valence-corrected chi connectivity index (χ4v) is 0. The third-order valence-electron chi connectivity index (χ3n) is 0.270. The van der Waals surface area contributed by atoms with Crippen molar-refractivity contribution >= 4 is 46.4 Å². The molecular weight excluding hydrogens is 182 g/mol. The summed E-state index contributed by atoms with van der Waals surface area (Å²) in [6, 6.07) is 0. The molecule has 0 amide bonds. The molecule has 1 unspecified atom stereocenters. The van der Waals surface area contributed by atoms with E-state index in [0.717, 1.165) is 0 Å². The fourth-order valence-electron chi connectivity index (χ4n) is 0. The molecule has 0 saturated carbocycles. The van der Waals surface area contributed by atoms with E-state index < -0.39 is 9.36 Å². The first-order valence-corrected chi connectivity index (χ1v) is 2.90. The van der Waals surface area contributed by atoms with Crippen LogP contribution in [0.3, 0.4) is 0 Å². The third kappa shape index (κ3) is 3.68.